The molecule has 15 nitrogen and oxygen atoms in total. The SMILES string of the molecule is CCCCCC(=O)/C=C/[C@H]1CCC(=O)N1CCSCCCC(=O)OCC.CCCCCC(O)(/C=C/[C@H]1CCC(=O)N1CCSCCCC(=O)O)CCCCC.CCCCCC(O)(/C=C/[C@H]1CCC(=O)N1CCSCCCC(=O)OCC)CCCCC. The molecular weight excluding hydrogens is 1150 g/mol. The zero-order valence-corrected chi connectivity index (χ0v) is 57.1. The van der Waals surface area contributed by atoms with Crippen LogP contribution in [0.3, 0.4) is 0 Å². The third kappa shape index (κ3) is 38.9. The van der Waals surface area contributed by atoms with Crippen molar-refractivity contribution < 1.29 is 58.4 Å². The largest absolute Gasteiger partial charge is 0.481 e. The average molecular weight is 1270 g/mol. The maximum atomic E-state index is 12.4. The molecule has 3 fully saturated rings. The molecule has 18 heteroatoms. The van der Waals surface area contributed by atoms with Gasteiger partial charge in [-0.15, -0.1) is 0 Å². The lowest BCUT2D eigenvalue weighted by atomic mass is 9.89. The molecule has 0 saturated carbocycles. The van der Waals surface area contributed by atoms with Crippen LogP contribution in [0.15, 0.2) is 36.5 Å². The molecule has 0 aromatic rings. The molecule has 0 aliphatic carbocycles. The molecule has 3 rings (SSSR count). The van der Waals surface area contributed by atoms with Crippen molar-refractivity contribution in [3.63, 3.8) is 0 Å². The number of carboxylic acid groups (broad SMARTS) is 1. The van der Waals surface area contributed by atoms with E-state index in [2.05, 4.69) is 46.8 Å². The van der Waals surface area contributed by atoms with Crippen molar-refractivity contribution in [3.05, 3.63) is 36.5 Å². The van der Waals surface area contributed by atoms with Crippen molar-refractivity contribution in [2.75, 3.05) is 67.4 Å². The minimum atomic E-state index is -0.757. The van der Waals surface area contributed by atoms with Crippen molar-refractivity contribution in [1.29, 1.82) is 0 Å². The third-order valence-corrected chi connectivity index (χ3v) is 19.0. The van der Waals surface area contributed by atoms with E-state index < -0.39 is 17.2 Å². The van der Waals surface area contributed by atoms with Gasteiger partial charge in [-0.1, -0.05) is 155 Å². The molecule has 0 aromatic heterocycles. The summed E-state index contributed by atoms with van der Waals surface area (Å²) in [6, 6.07) is 0.222. The highest BCUT2D eigenvalue weighted by Gasteiger charge is 2.33. The number of likely N-dealkylation sites (tertiary alicyclic amines) is 3. The normalized spacial score (nSPS) is 17.3. The lowest BCUT2D eigenvalue weighted by molar-refractivity contribution is -0.144. The number of carbonyl (C=O) groups is 7. The Hall–Kier alpha value is -3.32. The van der Waals surface area contributed by atoms with Gasteiger partial charge in [0.2, 0.25) is 17.7 Å². The zero-order chi connectivity index (χ0) is 63.7. The molecule has 0 radical (unpaired) electrons. The van der Waals surface area contributed by atoms with E-state index in [1.165, 1.54) is 0 Å². The van der Waals surface area contributed by atoms with Crippen molar-refractivity contribution in [1.82, 2.24) is 14.7 Å². The predicted molar refractivity (Wildman–Crippen MR) is 358 cm³/mol. The van der Waals surface area contributed by atoms with Gasteiger partial charge in [-0.25, -0.2) is 0 Å². The summed E-state index contributed by atoms with van der Waals surface area (Å²) in [4.78, 5) is 87.5. The van der Waals surface area contributed by atoms with E-state index in [0.29, 0.717) is 71.2 Å². The van der Waals surface area contributed by atoms with E-state index in [-0.39, 0.29) is 60.0 Å². The van der Waals surface area contributed by atoms with E-state index in [0.717, 1.165) is 195 Å². The molecule has 3 saturated heterocycles. The van der Waals surface area contributed by atoms with Gasteiger partial charge in [0.1, 0.15) is 0 Å². The van der Waals surface area contributed by atoms with Crippen molar-refractivity contribution >= 4 is 76.7 Å². The Labute approximate surface area is 534 Å². The first kappa shape index (κ1) is 80.7. The summed E-state index contributed by atoms with van der Waals surface area (Å²) >= 11 is 5.24. The van der Waals surface area contributed by atoms with Gasteiger partial charge in [0.05, 0.1) is 42.5 Å². The first-order valence-corrected chi connectivity index (χ1v) is 37.1. The molecule has 0 unspecified atom stereocenters. The van der Waals surface area contributed by atoms with E-state index >= 15 is 0 Å². The summed E-state index contributed by atoms with van der Waals surface area (Å²) in [5.41, 5.74) is -1.50. The number of thioether (sulfide) groups is 3. The van der Waals surface area contributed by atoms with Crippen LogP contribution in [0.5, 0.6) is 0 Å². The van der Waals surface area contributed by atoms with Crippen LogP contribution in [0.1, 0.15) is 254 Å². The fraction of sp³-hybridized carbons (Fsp3) is 0.809. The van der Waals surface area contributed by atoms with Gasteiger partial charge in [-0.05, 0) is 108 Å². The second-order valence-corrected chi connectivity index (χ2v) is 26.9. The number of aliphatic hydroxyl groups is 2. The molecule has 3 aliphatic heterocycles. The summed E-state index contributed by atoms with van der Waals surface area (Å²) < 4.78 is 9.84. The van der Waals surface area contributed by atoms with Crippen LogP contribution in [0.2, 0.25) is 0 Å². The number of carbonyl (C=O) groups excluding carboxylic acids is 6. The summed E-state index contributed by atoms with van der Waals surface area (Å²) in [7, 11) is 0. The molecule has 3 amide bonds. The Kier molecular flexibility index (Phi) is 48.3. The second kappa shape index (κ2) is 51.4. The molecule has 0 spiro atoms. The maximum Gasteiger partial charge on any atom is 0.305 e. The summed E-state index contributed by atoms with van der Waals surface area (Å²) in [5.74, 6) is 4.84. The number of ketones is 1. The monoisotopic (exact) mass is 1270 g/mol. The Bertz CT molecular complexity index is 1930. The molecule has 496 valence electrons. The van der Waals surface area contributed by atoms with E-state index in [1.807, 2.05) is 46.8 Å². The molecular formula is C68H119N3O12S3. The number of carboxylic acids is 1. The van der Waals surface area contributed by atoms with Crippen molar-refractivity contribution in [3.8, 4) is 0 Å². The van der Waals surface area contributed by atoms with Crippen LogP contribution >= 0.6 is 35.3 Å². The van der Waals surface area contributed by atoms with Crippen LogP contribution < -0.4 is 0 Å². The van der Waals surface area contributed by atoms with Gasteiger partial charge < -0.3 is 39.5 Å². The van der Waals surface area contributed by atoms with Gasteiger partial charge in [0.25, 0.3) is 0 Å². The summed E-state index contributed by atoms with van der Waals surface area (Å²) in [6.07, 6.45) is 39.5. The van der Waals surface area contributed by atoms with Gasteiger partial charge in [-0.3, -0.25) is 33.6 Å². The summed E-state index contributed by atoms with van der Waals surface area (Å²) in [6.45, 7) is 17.4. The number of esters is 2. The number of hydrogen-bond acceptors (Lipinski definition) is 14. The Morgan fingerprint density at radius 2 is 0.779 bits per heavy atom. The lowest BCUT2D eigenvalue weighted by Gasteiger charge is -2.27. The Balaban J connectivity index is 0.000000647. The first-order valence-electron chi connectivity index (χ1n) is 33.6. The number of rotatable bonds is 49. The average Bonchev–Trinajstić information content (AvgIpc) is 3.36. The van der Waals surface area contributed by atoms with E-state index in [9.17, 15) is 43.8 Å². The topological polar surface area (TPSA) is 208 Å². The van der Waals surface area contributed by atoms with Crippen LogP contribution in [0.25, 0.3) is 0 Å². The highest BCUT2D eigenvalue weighted by molar-refractivity contribution is 7.99. The fourth-order valence-corrected chi connectivity index (χ4v) is 13.3. The van der Waals surface area contributed by atoms with Crippen LogP contribution in [0.4, 0.5) is 0 Å². The standard InChI is InChI=1S/C25H45NO4S.C23H41NO4S.C20H33NO4S/c1-4-7-9-16-25(29,17-10-8-5-2)18-15-22-13-14-23(27)26(22)19-21-31-20-11-12-24(28)30-6-3;1-3-5-7-14-23(28,15-8-6-4-2)16-13-20-11-12-21(25)24(20)17-19-29-18-9-10-22(26)27;1-3-5-6-8-18(22)12-10-17-11-13-19(23)21(17)14-16-26-15-7-9-20(24)25-4-2/h15,18,22,29H,4-14,16-17,19-21H2,1-3H3;13,16,20,28H,3-12,14-15,17-19H2,1-2H3,(H,26,27);10,12,17H,3-9,11,13-16H2,1-2H3/b18-15+;16-13+;12-10+/t22-;20-;17-/m110/s1. The smallest absolute Gasteiger partial charge is 0.305 e. The molecule has 3 atom stereocenters. The van der Waals surface area contributed by atoms with Crippen LogP contribution in [0, 0.1) is 0 Å². The number of unbranched alkanes of at least 4 members (excludes halogenated alkanes) is 10. The number of amides is 3. The van der Waals surface area contributed by atoms with Gasteiger partial charge >= 0.3 is 17.9 Å². The predicted octanol–water partition coefficient (Wildman–Crippen LogP) is 14.3. The Morgan fingerprint density at radius 1 is 0.453 bits per heavy atom. The number of aliphatic carboxylic acids is 1. The highest BCUT2D eigenvalue weighted by Crippen LogP contribution is 2.30. The van der Waals surface area contributed by atoms with Crippen LogP contribution in [-0.4, -0.2) is 168 Å². The number of hydrogen-bond donors (Lipinski definition) is 3. The fourth-order valence-electron chi connectivity index (χ4n) is 10.7. The molecule has 3 aliphatic rings. The Morgan fingerprint density at radius 3 is 1.10 bits per heavy atom. The number of allylic oxidation sites excluding steroid dienone is 1. The molecule has 3 N–H and O–H groups in total. The molecule has 3 heterocycles. The van der Waals surface area contributed by atoms with Gasteiger partial charge in [0.15, 0.2) is 5.78 Å². The molecule has 0 aromatic carbocycles. The third-order valence-electron chi connectivity index (χ3n) is 15.8. The quantitative estimate of drug-likeness (QED) is 0.0224. The van der Waals surface area contributed by atoms with E-state index in [1.54, 1.807) is 41.4 Å². The number of nitrogens with zero attached hydrogens (tertiary/aromatic N) is 3. The van der Waals surface area contributed by atoms with E-state index in [4.69, 9.17) is 14.6 Å². The van der Waals surface area contributed by atoms with Gasteiger partial charge in [-0.2, -0.15) is 35.3 Å². The van der Waals surface area contributed by atoms with Gasteiger partial charge in [0, 0.05) is 81.8 Å². The lowest BCUT2D eigenvalue weighted by Crippen LogP contribution is -2.34. The highest BCUT2D eigenvalue weighted by atomic mass is 32.2. The first-order chi connectivity index (χ1) is 41.4. The van der Waals surface area contributed by atoms with Crippen molar-refractivity contribution in [2.24, 2.45) is 0 Å². The second-order valence-electron chi connectivity index (χ2n) is 23.3. The van der Waals surface area contributed by atoms with Crippen molar-refractivity contribution in [2.45, 2.75) is 283 Å². The summed E-state index contributed by atoms with van der Waals surface area (Å²) in [5, 5.41) is 31.0. The zero-order valence-electron chi connectivity index (χ0n) is 54.7. The molecule has 0 bridgehead atoms. The minimum Gasteiger partial charge on any atom is -0.481 e. The number of ether oxygens (including phenoxy) is 2. The minimum absolute atomic E-state index is 0.0535. The molecule has 86 heavy (non-hydrogen) atoms. The maximum absolute atomic E-state index is 12.4. The van der Waals surface area contributed by atoms with Crippen LogP contribution in [-0.2, 0) is 43.0 Å².